The molecule has 0 saturated carbocycles. The van der Waals surface area contributed by atoms with Crippen molar-refractivity contribution in [2.75, 3.05) is 5.75 Å². The number of nitrogens with zero attached hydrogens (tertiary/aromatic N) is 2. The smallest absolute Gasteiger partial charge is 0.325 e. The SMILES string of the molecule is CC(NC(=O)C(Cc1cnc[nH]1)NC(=O)C(CS)NC(=O)C(N)Cc1cnc[nH]1)C(=O)O. The molecule has 8 N–H and O–H groups in total. The second-order valence-electron chi connectivity index (χ2n) is 7.04. The zero-order valence-electron chi connectivity index (χ0n) is 17.2. The van der Waals surface area contributed by atoms with E-state index in [1.807, 2.05) is 0 Å². The summed E-state index contributed by atoms with van der Waals surface area (Å²) in [6.45, 7) is 1.30. The number of aliphatic carboxylic acids is 1. The lowest BCUT2D eigenvalue weighted by Crippen LogP contribution is -2.58. The highest BCUT2D eigenvalue weighted by molar-refractivity contribution is 7.80. The number of aromatic amines is 2. The summed E-state index contributed by atoms with van der Waals surface area (Å²) in [7, 11) is 0. The topological polar surface area (TPSA) is 208 Å². The molecule has 0 radical (unpaired) electrons. The van der Waals surface area contributed by atoms with Gasteiger partial charge in [0.25, 0.3) is 0 Å². The number of hydrogen-bond donors (Lipinski definition) is 8. The molecule has 0 aliphatic heterocycles. The molecule has 32 heavy (non-hydrogen) atoms. The molecule has 2 heterocycles. The first-order chi connectivity index (χ1) is 15.2. The van der Waals surface area contributed by atoms with E-state index in [1.165, 1.54) is 32.0 Å². The van der Waals surface area contributed by atoms with Crippen molar-refractivity contribution in [1.82, 2.24) is 35.9 Å². The number of imidazole rings is 2. The zero-order valence-corrected chi connectivity index (χ0v) is 18.1. The maximum absolute atomic E-state index is 12.8. The minimum atomic E-state index is -1.23. The Kier molecular flexibility index (Phi) is 9.22. The van der Waals surface area contributed by atoms with Crippen LogP contribution in [0.4, 0.5) is 0 Å². The van der Waals surface area contributed by atoms with Gasteiger partial charge in [0.05, 0.1) is 18.7 Å². The fraction of sp³-hybridized carbons (Fsp3) is 0.444. The summed E-state index contributed by atoms with van der Waals surface area (Å²) < 4.78 is 0. The Labute approximate surface area is 188 Å². The second kappa shape index (κ2) is 11.9. The Hall–Kier alpha value is -3.39. The molecule has 2 rings (SSSR count). The molecule has 4 atom stereocenters. The lowest BCUT2D eigenvalue weighted by molar-refractivity contribution is -0.141. The van der Waals surface area contributed by atoms with Crippen LogP contribution in [0.15, 0.2) is 25.0 Å². The predicted molar refractivity (Wildman–Crippen MR) is 116 cm³/mol. The van der Waals surface area contributed by atoms with Crippen LogP contribution in [0.25, 0.3) is 0 Å². The molecule has 174 valence electrons. The van der Waals surface area contributed by atoms with E-state index in [-0.39, 0.29) is 18.6 Å². The van der Waals surface area contributed by atoms with Gasteiger partial charge in [0.15, 0.2) is 0 Å². The molecule has 0 spiro atoms. The number of carbonyl (C=O) groups is 4. The van der Waals surface area contributed by atoms with E-state index < -0.39 is 47.9 Å². The number of nitrogens with one attached hydrogen (secondary N) is 5. The van der Waals surface area contributed by atoms with Gasteiger partial charge in [0.1, 0.15) is 18.1 Å². The Balaban J connectivity index is 2.03. The third-order valence-corrected chi connectivity index (χ3v) is 4.85. The minimum Gasteiger partial charge on any atom is -0.480 e. The molecule has 0 aliphatic rings. The average Bonchev–Trinajstić information content (AvgIpc) is 3.45. The molecular weight excluding hydrogens is 440 g/mol. The van der Waals surface area contributed by atoms with Gasteiger partial charge in [-0.25, -0.2) is 9.97 Å². The van der Waals surface area contributed by atoms with Gasteiger partial charge in [-0.15, -0.1) is 0 Å². The standard InChI is InChI=1S/C18H26N8O5S/c1-9(18(30)31)24-16(28)13(3-11-5-21-8-23-11)25-17(29)14(6-32)26-15(27)12(19)2-10-4-20-7-22-10/h4-5,7-9,12-14,32H,2-3,6,19H2,1H3,(H,20,22)(H,21,23)(H,24,28)(H,25,29)(H,26,27)(H,30,31). The lowest BCUT2D eigenvalue weighted by Gasteiger charge is -2.23. The summed E-state index contributed by atoms with van der Waals surface area (Å²) in [4.78, 5) is 62.2. The van der Waals surface area contributed by atoms with E-state index in [0.29, 0.717) is 11.4 Å². The van der Waals surface area contributed by atoms with Crippen LogP contribution in [0.3, 0.4) is 0 Å². The Morgan fingerprint density at radius 1 is 0.969 bits per heavy atom. The van der Waals surface area contributed by atoms with Gasteiger partial charge in [-0.1, -0.05) is 0 Å². The maximum atomic E-state index is 12.8. The van der Waals surface area contributed by atoms with Crippen LogP contribution in [-0.4, -0.2) is 78.7 Å². The number of rotatable bonds is 12. The molecule has 0 aromatic carbocycles. The number of thiol groups is 1. The molecular formula is C18H26N8O5S. The highest BCUT2D eigenvalue weighted by Gasteiger charge is 2.29. The molecule has 0 aliphatic carbocycles. The molecule has 0 fully saturated rings. The van der Waals surface area contributed by atoms with Gasteiger partial charge in [-0.05, 0) is 6.92 Å². The fourth-order valence-electron chi connectivity index (χ4n) is 2.67. The van der Waals surface area contributed by atoms with Crippen LogP contribution < -0.4 is 21.7 Å². The maximum Gasteiger partial charge on any atom is 0.325 e. The van der Waals surface area contributed by atoms with E-state index in [0.717, 1.165) is 0 Å². The van der Waals surface area contributed by atoms with Crippen molar-refractivity contribution >= 4 is 36.3 Å². The van der Waals surface area contributed by atoms with Gasteiger partial charge in [0.2, 0.25) is 17.7 Å². The number of carboxylic acid groups (broad SMARTS) is 1. The van der Waals surface area contributed by atoms with Crippen molar-refractivity contribution in [2.45, 2.75) is 43.9 Å². The third kappa shape index (κ3) is 7.39. The van der Waals surface area contributed by atoms with Gasteiger partial charge in [0, 0.05) is 42.4 Å². The van der Waals surface area contributed by atoms with Crippen molar-refractivity contribution < 1.29 is 24.3 Å². The number of carboxylic acids is 1. The first-order valence-electron chi connectivity index (χ1n) is 9.66. The third-order valence-electron chi connectivity index (χ3n) is 4.49. The summed E-state index contributed by atoms with van der Waals surface area (Å²) in [5.74, 6) is -3.24. The fourth-order valence-corrected chi connectivity index (χ4v) is 2.93. The monoisotopic (exact) mass is 466 g/mol. The van der Waals surface area contributed by atoms with E-state index in [2.05, 4.69) is 48.5 Å². The predicted octanol–water partition coefficient (Wildman–Crippen LogP) is -2.27. The summed E-state index contributed by atoms with van der Waals surface area (Å²) >= 11 is 4.11. The zero-order chi connectivity index (χ0) is 23.7. The largest absolute Gasteiger partial charge is 0.480 e. The van der Waals surface area contributed by atoms with Crippen molar-refractivity contribution in [3.05, 3.63) is 36.4 Å². The van der Waals surface area contributed by atoms with Crippen molar-refractivity contribution in [1.29, 1.82) is 0 Å². The van der Waals surface area contributed by atoms with Crippen LogP contribution in [0, 0.1) is 0 Å². The van der Waals surface area contributed by atoms with Crippen LogP contribution >= 0.6 is 12.6 Å². The normalized spacial score (nSPS) is 14.6. The van der Waals surface area contributed by atoms with Crippen molar-refractivity contribution in [2.24, 2.45) is 5.73 Å². The van der Waals surface area contributed by atoms with E-state index in [4.69, 9.17) is 10.8 Å². The number of amides is 3. The Morgan fingerprint density at radius 2 is 1.50 bits per heavy atom. The second-order valence-corrected chi connectivity index (χ2v) is 7.41. The van der Waals surface area contributed by atoms with Gasteiger partial charge in [-0.3, -0.25) is 19.2 Å². The molecule has 13 nitrogen and oxygen atoms in total. The number of hydrogen-bond acceptors (Lipinski definition) is 8. The summed E-state index contributed by atoms with van der Waals surface area (Å²) in [6.07, 6.45) is 6.08. The summed E-state index contributed by atoms with van der Waals surface area (Å²) in [6, 6.07) is -4.30. The quantitative estimate of drug-likeness (QED) is 0.160. The Morgan fingerprint density at radius 3 is 2.00 bits per heavy atom. The van der Waals surface area contributed by atoms with Crippen LogP contribution in [0.5, 0.6) is 0 Å². The first-order valence-corrected chi connectivity index (χ1v) is 10.3. The number of aromatic nitrogens is 4. The average molecular weight is 467 g/mol. The summed E-state index contributed by atoms with van der Waals surface area (Å²) in [5.41, 5.74) is 7.09. The van der Waals surface area contributed by atoms with Crippen molar-refractivity contribution in [3.63, 3.8) is 0 Å². The highest BCUT2D eigenvalue weighted by atomic mass is 32.1. The number of carbonyl (C=O) groups excluding carboxylic acids is 3. The first kappa shape index (κ1) is 24.9. The molecule has 14 heteroatoms. The Bertz CT molecular complexity index is 905. The van der Waals surface area contributed by atoms with E-state index in [9.17, 15) is 19.2 Å². The van der Waals surface area contributed by atoms with Gasteiger partial charge in [-0.2, -0.15) is 12.6 Å². The molecule has 2 aromatic heterocycles. The molecule has 4 unspecified atom stereocenters. The summed E-state index contributed by atoms with van der Waals surface area (Å²) in [5, 5.41) is 16.4. The van der Waals surface area contributed by atoms with Crippen LogP contribution in [-0.2, 0) is 32.0 Å². The van der Waals surface area contributed by atoms with Crippen molar-refractivity contribution in [3.8, 4) is 0 Å². The van der Waals surface area contributed by atoms with Gasteiger partial charge < -0.3 is 36.8 Å². The lowest BCUT2D eigenvalue weighted by atomic mass is 10.1. The molecule has 0 saturated heterocycles. The van der Waals surface area contributed by atoms with E-state index in [1.54, 1.807) is 0 Å². The number of nitrogens with two attached hydrogens (primary N) is 1. The van der Waals surface area contributed by atoms with Gasteiger partial charge >= 0.3 is 5.97 Å². The minimum absolute atomic E-state index is 0.0243. The molecule has 2 aromatic rings. The molecule has 0 bridgehead atoms. The van der Waals surface area contributed by atoms with E-state index >= 15 is 0 Å². The van der Waals surface area contributed by atoms with Crippen LogP contribution in [0.1, 0.15) is 18.3 Å². The highest BCUT2D eigenvalue weighted by Crippen LogP contribution is 2.03. The number of H-pyrrole nitrogens is 2. The van der Waals surface area contributed by atoms with Crippen LogP contribution in [0.2, 0.25) is 0 Å². The molecule has 3 amide bonds.